The van der Waals surface area contributed by atoms with E-state index >= 15 is 0 Å². The van der Waals surface area contributed by atoms with E-state index in [2.05, 4.69) is 10.6 Å². The predicted octanol–water partition coefficient (Wildman–Crippen LogP) is 2.24. The van der Waals surface area contributed by atoms with Gasteiger partial charge in [0.15, 0.2) is 5.78 Å². The Morgan fingerprint density at radius 1 is 1.26 bits per heavy atom. The normalized spacial score (nSPS) is 16.7. The third-order valence-corrected chi connectivity index (χ3v) is 5.34. The summed E-state index contributed by atoms with van der Waals surface area (Å²) in [4.78, 5) is 50.3. The second-order valence-electron chi connectivity index (χ2n) is 7.61. The summed E-state index contributed by atoms with van der Waals surface area (Å²) in [6, 6.07) is 5.25. The Balaban J connectivity index is 1.98. The molecule has 1 saturated heterocycles. The Morgan fingerprint density at radius 3 is 2.61 bits per heavy atom. The highest BCUT2D eigenvalue weighted by molar-refractivity contribution is 6.31. The summed E-state index contributed by atoms with van der Waals surface area (Å²) in [7, 11) is 0. The number of nitrogens with zero attached hydrogens (tertiary/aromatic N) is 1. The first-order valence-electron chi connectivity index (χ1n) is 10.1. The van der Waals surface area contributed by atoms with Crippen molar-refractivity contribution in [1.29, 1.82) is 0 Å². The van der Waals surface area contributed by atoms with Crippen LogP contribution in [0.1, 0.15) is 32.3 Å². The number of carbonyl (C=O) groups is 4. The summed E-state index contributed by atoms with van der Waals surface area (Å²) in [5.41, 5.74) is 0.630. The van der Waals surface area contributed by atoms with Crippen molar-refractivity contribution in [2.75, 3.05) is 19.8 Å². The fourth-order valence-electron chi connectivity index (χ4n) is 3.27. The number of ketones is 1. The van der Waals surface area contributed by atoms with Crippen LogP contribution in [0, 0.1) is 5.92 Å². The molecular weight excluding hydrogens is 429 g/mol. The lowest BCUT2D eigenvalue weighted by Crippen LogP contribution is -2.55. The first-order valence-corrected chi connectivity index (χ1v) is 10.4. The Labute approximate surface area is 185 Å². The smallest absolute Gasteiger partial charge is 0.408 e. The molecule has 1 aliphatic rings. The van der Waals surface area contributed by atoms with Gasteiger partial charge in [0, 0.05) is 17.1 Å². The van der Waals surface area contributed by atoms with Crippen molar-refractivity contribution in [2.45, 2.75) is 45.4 Å². The number of likely N-dealkylation sites (tertiary alicyclic amines) is 1. The molecule has 31 heavy (non-hydrogen) atoms. The van der Waals surface area contributed by atoms with Gasteiger partial charge < -0.3 is 20.3 Å². The summed E-state index contributed by atoms with van der Waals surface area (Å²) in [5, 5.41) is 5.40. The van der Waals surface area contributed by atoms with Crippen LogP contribution in [0.3, 0.4) is 0 Å². The van der Waals surface area contributed by atoms with E-state index in [1.165, 1.54) is 4.90 Å². The van der Waals surface area contributed by atoms with Crippen LogP contribution in [0.5, 0.6) is 0 Å². The summed E-state index contributed by atoms with van der Waals surface area (Å²) < 4.78 is 17.5. The molecule has 1 heterocycles. The van der Waals surface area contributed by atoms with Gasteiger partial charge in [0.05, 0.1) is 6.54 Å². The van der Waals surface area contributed by atoms with Gasteiger partial charge in [-0.2, -0.15) is 0 Å². The van der Waals surface area contributed by atoms with Gasteiger partial charge in [-0.25, -0.2) is 9.18 Å². The minimum atomic E-state index is -1.16. The zero-order valence-electron chi connectivity index (χ0n) is 17.5. The van der Waals surface area contributed by atoms with Gasteiger partial charge in [0.1, 0.15) is 25.4 Å². The number of ether oxygens (including phenoxy) is 1. The first-order chi connectivity index (χ1) is 14.7. The van der Waals surface area contributed by atoms with Crippen molar-refractivity contribution in [3.05, 3.63) is 34.9 Å². The number of nitrogens with one attached hydrogen (secondary N) is 2. The van der Waals surface area contributed by atoms with Crippen molar-refractivity contribution in [3.63, 3.8) is 0 Å². The molecule has 8 nitrogen and oxygen atoms in total. The number of alkyl carbamates (subject to hydrolysis) is 1. The summed E-state index contributed by atoms with van der Waals surface area (Å²) >= 11 is 6.05. The van der Waals surface area contributed by atoms with E-state index in [1.807, 2.05) is 0 Å². The molecule has 2 N–H and O–H groups in total. The topological polar surface area (TPSA) is 105 Å². The molecule has 2 atom stereocenters. The highest BCUT2D eigenvalue weighted by Gasteiger charge is 2.38. The van der Waals surface area contributed by atoms with E-state index in [4.69, 9.17) is 16.3 Å². The molecule has 0 aromatic heterocycles. The molecule has 1 fully saturated rings. The van der Waals surface area contributed by atoms with Crippen LogP contribution in [0.4, 0.5) is 9.18 Å². The SMILES string of the molecule is CC(C)[C@H](NC(=O)OCc1ccccc1Cl)C(=O)N1CCC[C@H]1C(=O)NCC(=O)CF. The maximum Gasteiger partial charge on any atom is 0.408 e. The van der Waals surface area contributed by atoms with Crippen LogP contribution < -0.4 is 10.6 Å². The van der Waals surface area contributed by atoms with Gasteiger partial charge in [0.2, 0.25) is 11.8 Å². The van der Waals surface area contributed by atoms with E-state index in [0.717, 1.165) is 0 Å². The van der Waals surface area contributed by atoms with Crippen molar-refractivity contribution >= 4 is 35.3 Å². The Bertz CT molecular complexity index is 820. The average molecular weight is 456 g/mol. The number of benzene rings is 1. The lowest BCUT2D eigenvalue weighted by molar-refractivity contribution is -0.141. The molecule has 1 aromatic rings. The van der Waals surface area contributed by atoms with E-state index in [-0.39, 0.29) is 12.5 Å². The lowest BCUT2D eigenvalue weighted by atomic mass is 10.0. The second kappa shape index (κ2) is 11.6. The number of hydrogen-bond donors (Lipinski definition) is 2. The minimum absolute atomic E-state index is 0.0537. The van der Waals surface area contributed by atoms with Crippen LogP contribution in [-0.4, -0.2) is 60.4 Å². The maximum atomic E-state index is 13.1. The fraction of sp³-hybridized carbons (Fsp3) is 0.524. The summed E-state index contributed by atoms with van der Waals surface area (Å²) in [5.74, 6) is -1.94. The van der Waals surface area contributed by atoms with Crippen LogP contribution in [-0.2, 0) is 25.7 Å². The van der Waals surface area contributed by atoms with Gasteiger partial charge in [-0.1, -0.05) is 43.6 Å². The molecule has 0 aliphatic carbocycles. The zero-order valence-corrected chi connectivity index (χ0v) is 18.3. The van der Waals surface area contributed by atoms with Gasteiger partial charge in [-0.05, 0) is 24.8 Å². The molecular formula is C21H27ClFN3O5. The summed E-state index contributed by atoms with van der Waals surface area (Å²) in [6.45, 7) is 2.23. The number of rotatable bonds is 9. The van der Waals surface area contributed by atoms with E-state index in [0.29, 0.717) is 30.0 Å². The number of halogens is 2. The van der Waals surface area contributed by atoms with E-state index in [9.17, 15) is 23.6 Å². The molecule has 2 rings (SSSR count). The third kappa shape index (κ3) is 6.92. The number of amides is 3. The molecule has 0 bridgehead atoms. The molecule has 0 saturated carbocycles. The average Bonchev–Trinajstić information content (AvgIpc) is 3.24. The first kappa shape index (κ1) is 24.6. The predicted molar refractivity (Wildman–Crippen MR) is 112 cm³/mol. The highest BCUT2D eigenvalue weighted by Crippen LogP contribution is 2.21. The Hall–Kier alpha value is -2.68. The largest absolute Gasteiger partial charge is 0.445 e. The number of carbonyl (C=O) groups excluding carboxylic acids is 4. The fourth-order valence-corrected chi connectivity index (χ4v) is 3.46. The number of Topliss-reactive ketones (excluding diaryl/α,β-unsaturated/α-hetero) is 1. The zero-order chi connectivity index (χ0) is 23.0. The van der Waals surface area contributed by atoms with Crippen LogP contribution in [0.2, 0.25) is 5.02 Å². The number of alkyl halides is 1. The van der Waals surface area contributed by atoms with E-state index in [1.54, 1.807) is 38.1 Å². The standard InChI is InChI=1S/C21H27ClFN3O5/c1-13(2)18(25-21(30)31-12-14-6-3-4-7-16(14)22)20(29)26-9-5-8-17(26)19(28)24-11-15(27)10-23/h3-4,6-7,13,17-18H,5,8-12H2,1-2H3,(H,24,28)(H,25,30)/t17-,18-/m0/s1. The molecule has 1 aliphatic heterocycles. The monoisotopic (exact) mass is 455 g/mol. The van der Waals surface area contributed by atoms with Crippen molar-refractivity contribution < 1.29 is 28.3 Å². The van der Waals surface area contributed by atoms with Crippen LogP contribution >= 0.6 is 11.6 Å². The van der Waals surface area contributed by atoms with Gasteiger partial charge in [0.25, 0.3) is 0 Å². The molecule has 10 heteroatoms. The Kier molecular flexibility index (Phi) is 9.23. The molecule has 170 valence electrons. The maximum absolute atomic E-state index is 13.1. The molecule has 0 unspecified atom stereocenters. The van der Waals surface area contributed by atoms with Crippen molar-refractivity contribution in [3.8, 4) is 0 Å². The van der Waals surface area contributed by atoms with Gasteiger partial charge >= 0.3 is 6.09 Å². The second-order valence-corrected chi connectivity index (χ2v) is 8.02. The molecule has 0 spiro atoms. The van der Waals surface area contributed by atoms with E-state index < -0.39 is 49.0 Å². The van der Waals surface area contributed by atoms with Crippen LogP contribution in [0.25, 0.3) is 0 Å². The minimum Gasteiger partial charge on any atom is -0.445 e. The third-order valence-electron chi connectivity index (χ3n) is 4.97. The van der Waals surface area contributed by atoms with Crippen molar-refractivity contribution in [2.24, 2.45) is 5.92 Å². The summed E-state index contributed by atoms with van der Waals surface area (Å²) in [6.07, 6.45) is 0.243. The number of hydrogen-bond acceptors (Lipinski definition) is 5. The van der Waals surface area contributed by atoms with Gasteiger partial charge in [-0.3, -0.25) is 14.4 Å². The molecule has 1 aromatic carbocycles. The molecule has 3 amide bonds. The Morgan fingerprint density at radius 2 is 1.97 bits per heavy atom. The molecule has 0 radical (unpaired) electrons. The quantitative estimate of drug-likeness (QED) is 0.594. The van der Waals surface area contributed by atoms with Gasteiger partial charge in [-0.15, -0.1) is 0 Å². The van der Waals surface area contributed by atoms with Crippen molar-refractivity contribution in [1.82, 2.24) is 15.5 Å². The highest BCUT2D eigenvalue weighted by atomic mass is 35.5. The lowest BCUT2D eigenvalue weighted by Gasteiger charge is -2.30. The van der Waals surface area contributed by atoms with Crippen LogP contribution in [0.15, 0.2) is 24.3 Å².